The molecule has 3 nitrogen and oxygen atoms in total. The Morgan fingerprint density at radius 3 is 2.85 bits per heavy atom. The number of hydrogen-bond acceptors (Lipinski definition) is 3. The monoisotopic (exact) mass is 267 g/mol. The number of nitrogens with zero attached hydrogens (tertiary/aromatic N) is 1. The summed E-state index contributed by atoms with van der Waals surface area (Å²) in [7, 11) is 0. The minimum Gasteiger partial charge on any atom is -0.463 e. The van der Waals surface area contributed by atoms with Crippen molar-refractivity contribution >= 4 is 22.9 Å². The maximum Gasteiger partial charge on any atom is 0.330 e. The SMILES string of the molecule is CCOC(=O)/C=C(C)/C=C/c1ccc2ccccc2n1. The van der Waals surface area contributed by atoms with Crippen LogP contribution in [0.15, 0.2) is 54.1 Å². The normalized spacial score (nSPS) is 12.0. The number of allylic oxidation sites excluding steroid dienone is 2. The predicted molar refractivity (Wildman–Crippen MR) is 81.2 cm³/mol. The standard InChI is InChI=1S/C17H17NO2/c1-3-20-17(19)12-13(2)8-10-15-11-9-14-6-4-5-7-16(14)18-15/h4-12H,3H2,1-2H3/b10-8+,13-12+. The number of carbonyl (C=O) groups excluding carboxylic acids is 1. The number of pyridine rings is 1. The second-order valence-electron chi connectivity index (χ2n) is 4.40. The quantitative estimate of drug-likeness (QED) is 0.481. The van der Waals surface area contributed by atoms with Crippen molar-refractivity contribution in [2.75, 3.05) is 6.61 Å². The predicted octanol–water partition coefficient (Wildman–Crippen LogP) is 3.76. The van der Waals surface area contributed by atoms with Crippen molar-refractivity contribution in [2.45, 2.75) is 13.8 Å². The van der Waals surface area contributed by atoms with Gasteiger partial charge in [0.1, 0.15) is 0 Å². The molecule has 1 aromatic carbocycles. The molecule has 1 heterocycles. The maximum atomic E-state index is 11.3. The third kappa shape index (κ3) is 3.79. The fourth-order valence-electron chi connectivity index (χ4n) is 1.81. The number of carbonyl (C=O) groups is 1. The second kappa shape index (κ2) is 6.66. The van der Waals surface area contributed by atoms with Gasteiger partial charge in [0.05, 0.1) is 17.8 Å². The van der Waals surface area contributed by atoms with Gasteiger partial charge in [-0.1, -0.05) is 30.3 Å². The average molecular weight is 267 g/mol. The summed E-state index contributed by atoms with van der Waals surface area (Å²) in [5, 5.41) is 1.11. The van der Waals surface area contributed by atoms with Crippen molar-refractivity contribution < 1.29 is 9.53 Å². The minimum absolute atomic E-state index is 0.318. The Hall–Kier alpha value is -2.42. The Morgan fingerprint density at radius 1 is 1.25 bits per heavy atom. The third-order valence-corrected chi connectivity index (χ3v) is 2.77. The van der Waals surface area contributed by atoms with Gasteiger partial charge in [-0.25, -0.2) is 9.78 Å². The smallest absolute Gasteiger partial charge is 0.330 e. The van der Waals surface area contributed by atoms with E-state index in [2.05, 4.69) is 4.98 Å². The van der Waals surface area contributed by atoms with Gasteiger partial charge in [0.15, 0.2) is 0 Å². The number of esters is 1. The van der Waals surface area contributed by atoms with Gasteiger partial charge >= 0.3 is 5.97 Å². The van der Waals surface area contributed by atoms with Crippen molar-refractivity contribution in [3.05, 3.63) is 59.8 Å². The summed E-state index contributed by atoms with van der Waals surface area (Å²) in [6.07, 6.45) is 5.21. The summed E-state index contributed by atoms with van der Waals surface area (Å²) in [6.45, 7) is 4.03. The van der Waals surface area contributed by atoms with Crippen molar-refractivity contribution in [1.82, 2.24) is 4.98 Å². The van der Waals surface area contributed by atoms with Crippen molar-refractivity contribution in [2.24, 2.45) is 0 Å². The van der Waals surface area contributed by atoms with E-state index in [9.17, 15) is 4.79 Å². The maximum absolute atomic E-state index is 11.3. The van der Waals surface area contributed by atoms with Crippen LogP contribution in [0.2, 0.25) is 0 Å². The molecule has 0 amide bonds. The molecule has 0 saturated carbocycles. The molecule has 2 aromatic rings. The number of fused-ring (bicyclic) bond motifs is 1. The van der Waals surface area contributed by atoms with Crippen LogP contribution in [0.25, 0.3) is 17.0 Å². The van der Waals surface area contributed by atoms with Gasteiger partial charge in [-0.2, -0.15) is 0 Å². The van der Waals surface area contributed by atoms with E-state index < -0.39 is 0 Å². The molecule has 2 rings (SSSR count). The van der Waals surface area contributed by atoms with Gasteiger partial charge in [0, 0.05) is 11.5 Å². The minimum atomic E-state index is -0.318. The molecule has 0 aliphatic carbocycles. The van der Waals surface area contributed by atoms with E-state index in [1.807, 2.05) is 55.5 Å². The van der Waals surface area contributed by atoms with Gasteiger partial charge in [0.25, 0.3) is 0 Å². The molecule has 102 valence electrons. The molecule has 0 radical (unpaired) electrons. The lowest BCUT2D eigenvalue weighted by atomic mass is 10.2. The van der Waals surface area contributed by atoms with Crippen LogP contribution < -0.4 is 0 Å². The first-order valence-electron chi connectivity index (χ1n) is 6.58. The van der Waals surface area contributed by atoms with Crippen LogP contribution in [0.3, 0.4) is 0 Å². The number of ether oxygens (including phenoxy) is 1. The van der Waals surface area contributed by atoms with E-state index in [0.717, 1.165) is 22.2 Å². The summed E-state index contributed by atoms with van der Waals surface area (Å²) in [4.78, 5) is 15.8. The molecule has 1 aromatic heterocycles. The molecule has 3 heteroatoms. The first-order valence-corrected chi connectivity index (χ1v) is 6.58. The molecule has 0 atom stereocenters. The zero-order valence-corrected chi connectivity index (χ0v) is 11.7. The number of aromatic nitrogens is 1. The topological polar surface area (TPSA) is 39.2 Å². The van der Waals surface area contributed by atoms with Gasteiger partial charge in [-0.15, -0.1) is 0 Å². The first-order chi connectivity index (χ1) is 9.69. The molecule has 0 aliphatic heterocycles. The molecule has 20 heavy (non-hydrogen) atoms. The van der Waals surface area contributed by atoms with E-state index in [1.165, 1.54) is 6.08 Å². The third-order valence-electron chi connectivity index (χ3n) is 2.77. The highest BCUT2D eigenvalue weighted by molar-refractivity contribution is 5.83. The summed E-state index contributed by atoms with van der Waals surface area (Å²) >= 11 is 0. The highest BCUT2D eigenvalue weighted by atomic mass is 16.5. The van der Waals surface area contributed by atoms with Crippen molar-refractivity contribution in [3.8, 4) is 0 Å². The number of para-hydroxylation sites is 1. The Morgan fingerprint density at radius 2 is 2.05 bits per heavy atom. The van der Waals surface area contributed by atoms with Crippen LogP contribution in [0, 0.1) is 0 Å². The average Bonchev–Trinajstić information content (AvgIpc) is 2.45. The Labute approximate surface area is 118 Å². The lowest BCUT2D eigenvalue weighted by Crippen LogP contribution is -1.99. The largest absolute Gasteiger partial charge is 0.463 e. The molecule has 0 aliphatic rings. The summed E-state index contributed by atoms with van der Waals surface area (Å²) < 4.78 is 4.86. The summed E-state index contributed by atoms with van der Waals surface area (Å²) in [5.74, 6) is -0.318. The van der Waals surface area contributed by atoms with E-state index >= 15 is 0 Å². The fraction of sp³-hybridized carbons (Fsp3) is 0.176. The zero-order valence-electron chi connectivity index (χ0n) is 11.7. The van der Waals surface area contributed by atoms with E-state index in [1.54, 1.807) is 6.92 Å². The summed E-state index contributed by atoms with van der Waals surface area (Å²) in [5.41, 5.74) is 2.65. The van der Waals surface area contributed by atoms with Crippen LogP contribution in [0.4, 0.5) is 0 Å². The van der Waals surface area contributed by atoms with E-state index in [4.69, 9.17) is 4.74 Å². The van der Waals surface area contributed by atoms with E-state index in [-0.39, 0.29) is 5.97 Å². The van der Waals surface area contributed by atoms with Gasteiger partial charge in [-0.05, 0) is 37.6 Å². The van der Waals surface area contributed by atoms with E-state index in [0.29, 0.717) is 6.61 Å². The van der Waals surface area contributed by atoms with Crippen LogP contribution >= 0.6 is 0 Å². The number of rotatable bonds is 4. The molecule has 0 unspecified atom stereocenters. The lowest BCUT2D eigenvalue weighted by molar-refractivity contribution is -0.137. The lowest BCUT2D eigenvalue weighted by Gasteiger charge is -1.99. The van der Waals surface area contributed by atoms with Crippen LogP contribution in [0.5, 0.6) is 0 Å². The Balaban J connectivity index is 2.15. The molecule has 0 spiro atoms. The number of hydrogen-bond donors (Lipinski definition) is 0. The zero-order chi connectivity index (χ0) is 14.4. The number of benzene rings is 1. The van der Waals surface area contributed by atoms with Crippen molar-refractivity contribution in [3.63, 3.8) is 0 Å². The molecule has 0 fully saturated rings. The highest BCUT2D eigenvalue weighted by Crippen LogP contribution is 2.13. The second-order valence-corrected chi connectivity index (χ2v) is 4.40. The van der Waals surface area contributed by atoms with Crippen molar-refractivity contribution in [1.29, 1.82) is 0 Å². The Bertz CT molecular complexity index is 671. The molecular weight excluding hydrogens is 250 g/mol. The fourth-order valence-corrected chi connectivity index (χ4v) is 1.81. The van der Waals surface area contributed by atoms with Crippen LogP contribution in [-0.2, 0) is 9.53 Å². The molecule has 0 saturated heterocycles. The van der Waals surface area contributed by atoms with Gasteiger partial charge in [0.2, 0.25) is 0 Å². The summed E-state index contributed by atoms with van der Waals surface area (Å²) in [6, 6.07) is 12.0. The van der Waals surface area contributed by atoms with Crippen LogP contribution in [-0.4, -0.2) is 17.6 Å². The molecule has 0 bridgehead atoms. The Kier molecular flexibility index (Phi) is 4.66. The molecule has 0 N–H and O–H groups in total. The van der Waals surface area contributed by atoms with Gasteiger partial charge < -0.3 is 4.74 Å². The highest BCUT2D eigenvalue weighted by Gasteiger charge is 1.97. The van der Waals surface area contributed by atoms with Gasteiger partial charge in [-0.3, -0.25) is 0 Å². The first kappa shape index (κ1) is 14.0. The van der Waals surface area contributed by atoms with Crippen LogP contribution in [0.1, 0.15) is 19.5 Å². The molecular formula is C17H17NO2.